The minimum atomic E-state index is -3.37. The molecule has 0 atom stereocenters. The van der Waals surface area contributed by atoms with Gasteiger partial charge in [-0.1, -0.05) is 48.3 Å². The van der Waals surface area contributed by atoms with Crippen molar-refractivity contribution >= 4 is 51.5 Å². The summed E-state index contributed by atoms with van der Waals surface area (Å²) < 4.78 is 52.5. The molecule has 0 bridgehead atoms. The van der Waals surface area contributed by atoms with E-state index in [1.807, 2.05) is 4.90 Å². The maximum atomic E-state index is 14.1. The smallest absolute Gasteiger partial charge is 0.253 e. The number of rotatable bonds is 7. The first-order chi connectivity index (χ1) is 14.9. The Hall–Kier alpha value is -0.710. The number of piperazine rings is 1. The molecule has 1 N–H and O–H groups in total. The molecule has 1 heterocycles. The molecule has 0 radical (unpaired) electrons. The Balaban J connectivity index is 0.00000385. The monoisotopic (exact) mass is 547 g/mol. The van der Waals surface area contributed by atoms with Gasteiger partial charge in [-0.05, 0) is 31.4 Å². The van der Waals surface area contributed by atoms with Gasteiger partial charge in [-0.25, -0.2) is 17.2 Å². The van der Waals surface area contributed by atoms with E-state index in [1.54, 1.807) is 37.3 Å². The van der Waals surface area contributed by atoms with Crippen LogP contribution in [0.5, 0.6) is 0 Å². The van der Waals surface area contributed by atoms with E-state index in [1.165, 1.54) is 4.31 Å². The van der Waals surface area contributed by atoms with Crippen LogP contribution < -0.4 is 5.32 Å². The van der Waals surface area contributed by atoms with Gasteiger partial charge in [0.25, 0.3) is 5.91 Å². The first-order valence-electron chi connectivity index (χ1n) is 10.8. The Labute approximate surface area is 210 Å². The van der Waals surface area contributed by atoms with Crippen LogP contribution in [0.15, 0.2) is 30.3 Å². The first-order valence-corrected chi connectivity index (χ1v) is 13.2. The second kappa shape index (κ2) is 10.9. The fraction of sp³-hybridized carbons (Fsp3) is 0.667. The number of hydrogen-bond acceptors (Lipinski definition) is 4. The van der Waals surface area contributed by atoms with Gasteiger partial charge in [-0.15, -0.1) is 12.4 Å². The summed E-state index contributed by atoms with van der Waals surface area (Å²) in [6.45, 7) is 2.82. The normalized spacial score (nSPS) is 21.7. The van der Waals surface area contributed by atoms with Gasteiger partial charge in [0.2, 0.25) is 20.4 Å². The van der Waals surface area contributed by atoms with Gasteiger partial charge in [0.05, 0.1) is 11.3 Å². The summed E-state index contributed by atoms with van der Waals surface area (Å²) in [7, 11) is -3.37. The highest BCUT2D eigenvalue weighted by molar-refractivity contribution is 7.89. The second-order valence-corrected chi connectivity index (χ2v) is 11.9. The average Bonchev–Trinajstić information content (AvgIpc) is 2.74. The predicted octanol–water partition coefficient (Wildman–Crippen LogP) is 4.28. The van der Waals surface area contributed by atoms with Crippen molar-refractivity contribution in [1.29, 1.82) is 0 Å². The maximum Gasteiger partial charge on any atom is 0.253 e. The van der Waals surface area contributed by atoms with Gasteiger partial charge >= 0.3 is 0 Å². The lowest BCUT2D eigenvalue weighted by Crippen LogP contribution is -2.70. The molecule has 2 fully saturated rings. The molecule has 1 aliphatic heterocycles. The summed E-state index contributed by atoms with van der Waals surface area (Å²) in [6.07, 6.45) is -0.361. The van der Waals surface area contributed by atoms with Crippen molar-refractivity contribution in [3.63, 3.8) is 0 Å². The third-order valence-corrected chi connectivity index (χ3v) is 9.37. The molecule has 6 nitrogen and oxygen atoms in total. The standard InChI is InChI=1S/C21H29Cl2F2N3O3S.ClH/c1-2-16-32(30,31)28-14-12-27(13-15-28)19(8-10-20(24,25)11-9-19)21(22,23)26-18(29)17-6-4-3-5-7-17;/h3-7H,2,8-16H2,1H3,(H,26,29);1H. The summed E-state index contributed by atoms with van der Waals surface area (Å²) in [5.74, 6) is -3.27. The highest BCUT2D eigenvalue weighted by atomic mass is 35.5. The number of nitrogens with one attached hydrogen (secondary N) is 1. The molecule has 33 heavy (non-hydrogen) atoms. The Bertz CT molecular complexity index is 902. The number of hydrogen-bond donors (Lipinski definition) is 1. The van der Waals surface area contributed by atoms with Crippen LogP contribution in [0.1, 0.15) is 49.4 Å². The summed E-state index contributed by atoms with van der Waals surface area (Å²) in [5.41, 5.74) is -0.798. The lowest BCUT2D eigenvalue weighted by Gasteiger charge is -2.55. The zero-order chi connectivity index (χ0) is 23.6. The number of carbonyl (C=O) groups excluding carboxylic acids is 1. The number of nitrogens with zero attached hydrogens (tertiary/aromatic N) is 2. The summed E-state index contributed by atoms with van der Waals surface area (Å²) in [4.78, 5) is 14.7. The lowest BCUT2D eigenvalue weighted by atomic mass is 9.77. The molecule has 0 spiro atoms. The molecule has 3 rings (SSSR count). The van der Waals surface area contributed by atoms with E-state index in [-0.39, 0.29) is 57.2 Å². The molecule has 1 aliphatic carbocycles. The van der Waals surface area contributed by atoms with Gasteiger partial charge in [-0.3, -0.25) is 9.69 Å². The fourth-order valence-corrected chi connectivity index (χ4v) is 6.84. The summed E-state index contributed by atoms with van der Waals surface area (Å²) in [5, 5.41) is 2.64. The Morgan fingerprint density at radius 3 is 2.12 bits per heavy atom. The molecule has 2 aliphatic rings. The van der Waals surface area contributed by atoms with Gasteiger partial charge in [0, 0.05) is 44.6 Å². The molecule has 1 aromatic carbocycles. The summed E-state index contributed by atoms with van der Waals surface area (Å²) in [6, 6.07) is 8.39. The molecule has 1 amide bonds. The zero-order valence-corrected chi connectivity index (χ0v) is 21.6. The number of carbonyl (C=O) groups is 1. The Morgan fingerprint density at radius 1 is 1.06 bits per heavy atom. The molecule has 1 aromatic rings. The minimum Gasteiger partial charge on any atom is -0.319 e. The lowest BCUT2D eigenvalue weighted by molar-refractivity contribution is -0.0935. The van der Waals surface area contributed by atoms with Crippen molar-refractivity contribution < 1.29 is 22.0 Å². The zero-order valence-electron chi connectivity index (χ0n) is 18.4. The van der Waals surface area contributed by atoms with Crippen molar-refractivity contribution in [1.82, 2.24) is 14.5 Å². The second-order valence-electron chi connectivity index (χ2n) is 8.48. The SMILES string of the molecule is CCCS(=O)(=O)N1CCN(C2(C(Cl)(Cl)NC(=O)c3ccccc3)CCC(F)(F)CC2)CC1.Cl. The van der Waals surface area contributed by atoms with Crippen LogP contribution >= 0.6 is 35.6 Å². The number of benzene rings is 1. The van der Waals surface area contributed by atoms with Crippen molar-refractivity contribution in [2.75, 3.05) is 31.9 Å². The third-order valence-electron chi connectivity index (χ3n) is 6.40. The van der Waals surface area contributed by atoms with Crippen LogP contribution in [0.2, 0.25) is 0 Å². The van der Waals surface area contributed by atoms with E-state index in [9.17, 15) is 22.0 Å². The molecule has 1 saturated carbocycles. The topological polar surface area (TPSA) is 69.7 Å². The molecule has 188 valence electrons. The van der Waals surface area contributed by atoms with Gasteiger partial charge in [0.15, 0.2) is 0 Å². The van der Waals surface area contributed by atoms with Gasteiger partial charge < -0.3 is 5.32 Å². The molecular formula is C21H30Cl3F2N3O3S. The number of alkyl halides is 4. The van der Waals surface area contributed by atoms with E-state index in [0.29, 0.717) is 12.0 Å². The van der Waals surface area contributed by atoms with E-state index >= 15 is 0 Å². The Kier molecular flexibility index (Phi) is 9.43. The molecule has 12 heteroatoms. The van der Waals surface area contributed by atoms with E-state index in [0.717, 1.165) is 0 Å². The molecule has 0 aromatic heterocycles. The quantitative estimate of drug-likeness (QED) is 0.408. The number of halogens is 5. The number of amides is 1. The van der Waals surface area contributed by atoms with Gasteiger partial charge in [-0.2, -0.15) is 4.31 Å². The van der Waals surface area contributed by atoms with Crippen molar-refractivity contribution in [3.05, 3.63) is 35.9 Å². The fourth-order valence-electron chi connectivity index (χ4n) is 4.56. The average molecular weight is 549 g/mol. The minimum absolute atomic E-state index is 0. The van der Waals surface area contributed by atoms with E-state index in [4.69, 9.17) is 23.2 Å². The highest BCUT2D eigenvalue weighted by Crippen LogP contribution is 2.50. The van der Waals surface area contributed by atoms with Crippen LogP contribution in [0.25, 0.3) is 0 Å². The number of sulfonamides is 1. The maximum absolute atomic E-state index is 14.1. The largest absolute Gasteiger partial charge is 0.319 e. The van der Waals surface area contributed by atoms with Crippen molar-refractivity contribution in [2.45, 2.75) is 54.9 Å². The van der Waals surface area contributed by atoms with E-state index < -0.39 is 44.7 Å². The van der Waals surface area contributed by atoms with Crippen LogP contribution in [0.3, 0.4) is 0 Å². The van der Waals surface area contributed by atoms with Crippen molar-refractivity contribution in [3.8, 4) is 0 Å². The van der Waals surface area contributed by atoms with Crippen molar-refractivity contribution in [2.24, 2.45) is 0 Å². The van der Waals surface area contributed by atoms with Gasteiger partial charge in [0.1, 0.15) is 0 Å². The Morgan fingerprint density at radius 2 is 1.61 bits per heavy atom. The van der Waals surface area contributed by atoms with Crippen LogP contribution in [0, 0.1) is 0 Å². The van der Waals surface area contributed by atoms with E-state index in [2.05, 4.69) is 5.32 Å². The predicted molar refractivity (Wildman–Crippen MR) is 129 cm³/mol. The molecular weight excluding hydrogens is 519 g/mol. The summed E-state index contributed by atoms with van der Waals surface area (Å²) >= 11 is 13.5. The van der Waals surface area contributed by atoms with Crippen LogP contribution in [-0.4, -0.2) is 71.4 Å². The highest BCUT2D eigenvalue weighted by Gasteiger charge is 2.58. The molecule has 0 unspecified atom stereocenters. The molecule has 1 saturated heterocycles. The third kappa shape index (κ3) is 6.30. The first kappa shape index (κ1) is 28.5. The van der Waals surface area contributed by atoms with Crippen LogP contribution in [-0.2, 0) is 10.0 Å². The van der Waals surface area contributed by atoms with Crippen LogP contribution in [0.4, 0.5) is 8.78 Å².